The fraction of sp³-hybridized carbons (Fsp3) is 0.455. The maximum absolute atomic E-state index is 6.28. The van der Waals surface area contributed by atoms with Crippen LogP contribution in [0.1, 0.15) is 25.7 Å². The molecule has 66 valence electrons. The number of rotatable bonds is 3. The Balaban J connectivity index is 2.84. The van der Waals surface area contributed by atoms with E-state index in [1.807, 2.05) is 0 Å². The molecule has 0 aromatic rings. The van der Waals surface area contributed by atoms with E-state index in [1.165, 1.54) is 18.4 Å². The summed E-state index contributed by atoms with van der Waals surface area (Å²) >= 11 is 6.28. The predicted octanol–water partition coefficient (Wildman–Crippen LogP) is 3.84. The highest BCUT2D eigenvalue weighted by Gasteiger charge is 2.24. The lowest BCUT2D eigenvalue weighted by atomic mass is 9.88. The molecule has 0 unspecified atom stereocenters. The van der Waals surface area contributed by atoms with Gasteiger partial charge in [-0.05, 0) is 31.3 Å². The lowest BCUT2D eigenvalue weighted by molar-refractivity contribution is 0.674. The van der Waals surface area contributed by atoms with Gasteiger partial charge in [0, 0.05) is 0 Å². The summed E-state index contributed by atoms with van der Waals surface area (Å²) in [5.41, 5.74) is 1.26. The first-order chi connectivity index (χ1) is 5.73. The van der Waals surface area contributed by atoms with Crippen LogP contribution < -0.4 is 0 Å². The summed E-state index contributed by atoms with van der Waals surface area (Å²) < 4.78 is 0. The largest absolute Gasteiger partial charge is 0.105 e. The van der Waals surface area contributed by atoms with E-state index in [0.717, 1.165) is 12.8 Å². The molecule has 0 bridgehead atoms. The third-order valence-corrected chi connectivity index (χ3v) is 2.93. The van der Waals surface area contributed by atoms with Gasteiger partial charge in [-0.2, -0.15) is 0 Å². The minimum Gasteiger partial charge on any atom is -0.105 e. The van der Waals surface area contributed by atoms with E-state index in [-0.39, 0.29) is 0 Å². The average molecular weight is 183 g/mol. The van der Waals surface area contributed by atoms with Gasteiger partial charge >= 0.3 is 0 Å². The quantitative estimate of drug-likeness (QED) is 0.460. The van der Waals surface area contributed by atoms with Crippen LogP contribution in [0, 0.1) is 0 Å². The van der Waals surface area contributed by atoms with E-state index in [2.05, 4.69) is 19.2 Å². The molecule has 1 heteroatoms. The van der Waals surface area contributed by atoms with Gasteiger partial charge in [0.15, 0.2) is 0 Å². The van der Waals surface area contributed by atoms with E-state index in [9.17, 15) is 0 Å². The molecule has 1 aliphatic rings. The van der Waals surface area contributed by atoms with Crippen molar-refractivity contribution in [2.24, 2.45) is 0 Å². The number of halogens is 1. The van der Waals surface area contributed by atoms with Gasteiger partial charge in [-0.15, -0.1) is 24.8 Å². The van der Waals surface area contributed by atoms with E-state index in [1.54, 1.807) is 12.2 Å². The van der Waals surface area contributed by atoms with E-state index >= 15 is 0 Å². The van der Waals surface area contributed by atoms with Crippen LogP contribution in [0.25, 0.3) is 0 Å². The Morgan fingerprint density at radius 3 is 2.42 bits per heavy atom. The molecule has 0 aliphatic heterocycles. The molecule has 0 aromatic heterocycles. The second-order valence-corrected chi connectivity index (χ2v) is 3.78. The summed E-state index contributed by atoms with van der Waals surface area (Å²) in [6.07, 6.45) is 10.5. The van der Waals surface area contributed by atoms with Crippen molar-refractivity contribution in [3.05, 3.63) is 37.0 Å². The first kappa shape index (κ1) is 9.60. The molecule has 12 heavy (non-hydrogen) atoms. The van der Waals surface area contributed by atoms with Crippen LogP contribution in [0.3, 0.4) is 0 Å². The molecular weight excluding hydrogens is 168 g/mol. The van der Waals surface area contributed by atoms with Crippen LogP contribution in [-0.2, 0) is 0 Å². The van der Waals surface area contributed by atoms with Crippen molar-refractivity contribution in [2.45, 2.75) is 30.6 Å². The van der Waals surface area contributed by atoms with Gasteiger partial charge in [0.1, 0.15) is 4.87 Å². The van der Waals surface area contributed by atoms with Crippen molar-refractivity contribution in [1.82, 2.24) is 0 Å². The summed E-state index contributed by atoms with van der Waals surface area (Å²) in [5, 5.41) is 0. The zero-order valence-electron chi connectivity index (χ0n) is 7.35. The number of allylic oxidation sites excluding steroid dienone is 4. The van der Waals surface area contributed by atoms with Crippen molar-refractivity contribution in [3.63, 3.8) is 0 Å². The summed E-state index contributed by atoms with van der Waals surface area (Å²) in [5.74, 6) is 0. The lowest BCUT2D eigenvalue weighted by Gasteiger charge is -2.25. The van der Waals surface area contributed by atoms with Crippen molar-refractivity contribution >= 4 is 11.6 Å². The minimum absolute atomic E-state index is 0.486. The fourth-order valence-electron chi connectivity index (χ4n) is 1.53. The zero-order chi connectivity index (χ0) is 9.03. The van der Waals surface area contributed by atoms with E-state index < -0.39 is 4.87 Å². The average Bonchev–Trinajstić information content (AvgIpc) is 2.18. The van der Waals surface area contributed by atoms with Gasteiger partial charge in [-0.3, -0.25) is 0 Å². The first-order valence-corrected chi connectivity index (χ1v) is 4.76. The predicted molar refractivity (Wildman–Crippen MR) is 55.5 cm³/mol. The van der Waals surface area contributed by atoms with Crippen LogP contribution in [0.4, 0.5) is 0 Å². The standard InChI is InChI=1S/C11H15Cl/c1-3-11(12,4-2)10-8-6-5-7-9-10/h3-4,8H,1-2,5-7,9H2. The molecule has 0 spiro atoms. The van der Waals surface area contributed by atoms with Gasteiger partial charge in [-0.25, -0.2) is 0 Å². The van der Waals surface area contributed by atoms with Gasteiger partial charge in [0.2, 0.25) is 0 Å². The van der Waals surface area contributed by atoms with Gasteiger partial charge in [-0.1, -0.05) is 18.2 Å². The van der Waals surface area contributed by atoms with Gasteiger partial charge < -0.3 is 0 Å². The molecule has 0 nitrogen and oxygen atoms in total. The Morgan fingerprint density at radius 1 is 1.33 bits per heavy atom. The normalized spacial score (nSPS) is 18.2. The highest BCUT2D eigenvalue weighted by molar-refractivity contribution is 6.28. The Morgan fingerprint density at radius 2 is 2.00 bits per heavy atom. The Hall–Kier alpha value is -0.490. The molecular formula is C11H15Cl. The molecule has 0 saturated carbocycles. The highest BCUT2D eigenvalue weighted by Crippen LogP contribution is 2.34. The third-order valence-electron chi connectivity index (χ3n) is 2.38. The summed E-state index contributed by atoms with van der Waals surface area (Å²) in [6.45, 7) is 7.47. The number of hydrogen-bond acceptors (Lipinski definition) is 0. The Labute approximate surface area is 79.6 Å². The minimum atomic E-state index is -0.486. The maximum atomic E-state index is 6.28. The monoisotopic (exact) mass is 182 g/mol. The fourth-order valence-corrected chi connectivity index (χ4v) is 1.70. The van der Waals surface area contributed by atoms with Crippen LogP contribution in [0.5, 0.6) is 0 Å². The SMILES string of the molecule is C=CC(Cl)(C=C)C1=CCCCC1. The highest BCUT2D eigenvalue weighted by atomic mass is 35.5. The van der Waals surface area contributed by atoms with Crippen LogP contribution in [-0.4, -0.2) is 4.87 Å². The Kier molecular flexibility index (Phi) is 3.16. The summed E-state index contributed by atoms with van der Waals surface area (Å²) in [7, 11) is 0. The molecule has 0 amide bonds. The van der Waals surface area contributed by atoms with Crippen LogP contribution >= 0.6 is 11.6 Å². The zero-order valence-corrected chi connectivity index (χ0v) is 8.11. The molecule has 0 N–H and O–H groups in total. The van der Waals surface area contributed by atoms with Gasteiger partial charge in [0.05, 0.1) is 0 Å². The van der Waals surface area contributed by atoms with Crippen LogP contribution in [0.2, 0.25) is 0 Å². The molecule has 1 rings (SSSR count). The molecule has 0 heterocycles. The van der Waals surface area contributed by atoms with Gasteiger partial charge in [0.25, 0.3) is 0 Å². The Bertz CT molecular complexity index is 205. The van der Waals surface area contributed by atoms with E-state index in [4.69, 9.17) is 11.6 Å². The summed E-state index contributed by atoms with van der Waals surface area (Å²) in [4.78, 5) is -0.486. The first-order valence-electron chi connectivity index (χ1n) is 4.38. The molecule has 0 saturated heterocycles. The van der Waals surface area contributed by atoms with Crippen molar-refractivity contribution in [1.29, 1.82) is 0 Å². The molecule has 1 aliphatic carbocycles. The van der Waals surface area contributed by atoms with Crippen LogP contribution in [0.15, 0.2) is 37.0 Å². The smallest absolute Gasteiger partial charge is 0.101 e. The number of hydrogen-bond donors (Lipinski definition) is 0. The topological polar surface area (TPSA) is 0 Å². The molecule has 0 atom stereocenters. The second-order valence-electron chi connectivity index (χ2n) is 3.15. The molecule has 0 fully saturated rings. The summed E-state index contributed by atoms with van der Waals surface area (Å²) in [6, 6.07) is 0. The molecule has 0 aromatic carbocycles. The maximum Gasteiger partial charge on any atom is 0.101 e. The van der Waals surface area contributed by atoms with Crippen molar-refractivity contribution < 1.29 is 0 Å². The lowest BCUT2D eigenvalue weighted by Crippen LogP contribution is -2.19. The van der Waals surface area contributed by atoms with Crippen molar-refractivity contribution in [2.75, 3.05) is 0 Å². The second kappa shape index (κ2) is 3.95. The van der Waals surface area contributed by atoms with E-state index in [0.29, 0.717) is 0 Å². The van der Waals surface area contributed by atoms with Crippen molar-refractivity contribution in [3.8, 4) is 0 Å². The third kappa shape index (κ3) is 1.81. The number of alkyl halides is 1. The molecule has 0 radical (unpaired) electrons.